The molecule has 2 aromatic carbocycles. The van der Waals surface area contributed by atoms with E-state index >= 15 is 0 Å². The number of nitrogens with zero attached hydrogens (tertiary/aromatic N) is 4. The second-order valence-electron chi connectivity index (χ2n) is 6.32. The molecule has 0 unspecified atom stereocenters. The van der Waals surface area contributed by atoms with Crippen molar-refractivity contribution in [1.82, 2.24) is 15.1 Å². The summed E-state index contributed by atoms with van der Waals surface area (Å²) in [6.45, 7) is -0.351. The van der Waals surface area contributed by atoms with Gasteiger partial charge in [0.2, 0.25) is 17.6 Å². The summed E-state index contributed by atoms with van der Waals surface area (Å²) in [7, 11) is 0. The van der Waals surface area contributed by atoms with Crippen molar-refractivity contribution in [1.29, 1.82) is 0 Å². The molecule has 9 heteroatoms. The number of aromatic nitrogens is 2. The van der Waals surface area contributed by atoms with Gasteiger partial charge in [0, 0.05) is 18.4 Å². The highest BCUT2D eigenvalue weighted by Gasteiger charge is 2.26. The van der Waals surface area contributed by atoms with Crippen LogP contribution < -0.4 is 5.32 Å². The summed E-state index contributed by atoms with van der Waals surface area (Å²) < 4.78 is 19.0. The Bertz CT molecular complexity index is 1080. The SMILES string of the molecule is O=C(CN1N=C(c2nc(-c3ccccc3)no2)CCC1=O)Nc1ccccc1F. The van der Waals surface area contributed by atoms with E-state index in [1.54, 1.807) is 6.07 Å². The van der Waals surface area contributed by atoms with Crippen LogP contribution in [0.2, 0.25) is 0 Å². The van der Waals surface area contributed by atoms with Crippen molar-refractivity contribution >= 4 is 23.2 Å². The van der Waals surface area contributed by atoms with E-state index in [2.05, 4.69) is 20.6 Å². The van der Waals surface area contributed by atoms with Crippen LogP contribution in [0.25, 0.3) is 11.4 Å². The molecular formula is C20H16FN5O3. The molecule has 0 bridgehead atoms. The predicted molar refractivity (Wildman–Crippen MR) is 102 cm³/mol. The van der Waals surface area contributed by atoms with Gasteiger partial charge in [0.25, 0.3) is 5.89 Å². The number of rotatable bonds is 5. The Hall–Kier alpha value is -3.88. The van der Waals surface area contributed by atoms with Crippen LogP contribution in [0.5, 0.6) is 0 Å². The monoisotopic (exact) mass is 393 g/mol. The quantitative estimate of drug-likeness (QED) is 0.718. The zero-order valence-electron chi connectivity index (χ0n) is 15.2. The molecule has 1 aliphatic heterocycles. The Morgan fingerprint density at radius 3 is 2.66 bits per heavy atom. The summed E-state index contributed by atoms with van der Waals surface area (Å²) >= 11 is 0. The maximum absolute atomic E-state index is 13.7. The molecule has 0 saturated heterocycles. The van der Waals surface area contributed by atoms with E-state index in [4.69, 9.17) is 4.52 Å². The standard InChI is InChI=1S/C20H16FN5O3/c21-14-8-4-5-9-15(14)22-17(27)12-26-18(28)11-10-16(24-26)20-23-19(25-29-20)13-6-2-1-3-7-13/h1-9H,10-12H2,(H,22,27). The Morgan fingerprint density at radius 2 is 1.86 bits per heavy atom. The minimum absolute atomic E-state index is 0.0376. The molecule has 3 aromatic rings. The van der Waals surface area contributed by atoms with E-state index < -0.39 is 11.7 Å². The number of carbonyl (C=O) groups is 2. The molecule has 29 heavy (non-hydrogen) atoms. The average Bonchev–Trinajstić information content (AvgIpc) is 3.22. The van der Waals surface area contributed by atoms with Gasteiger partial charge >= 0.3 is 0 Å². The maximum atomic E-state index is 13.7. The lowest BCUT2D eigenvalue weighted by Gasteiger charge is -2.21. The van der Waals surface area contributed by atoms with Crippen LogP contribution in [0.15, 0.2) is 64.2 Å². The van der Waals surface area contributed by atoms with Crippen LogP contribution in [-0.2, 0) is 9.59 Å². The van der Waals surface area contributed by atoms with Crippen molar-refractivity contribution in [2.45, 2.75) is 12.8 Å². The third kappa shape index (κ3) is 4.18. The lowest BCUT2D eigenvalue weighted by Crippen LogP contribution is -2.38. The maximum Gasteiger partial charge on any atom is 0.274 e. The van der Waals surface area contributed by atoms with Crippen LogP contribution in [0.1, 0.15) is 18.7 Å². The molecule has 8 nitrogen and oxygen atoms in total. The molecule has 146 valence electrons. The van der Waals surface area contributed by atoms with Crippen LogP contribution in [-0.4, -0.2) is 39.2 Å². The summed E-state index contributed by atoms with van der Waals surface area (Å²) in [5.41, 5.74) is 1.24. The molecule has 1 aromatic heterocycles. The summed E-state index contributed by atoms with van der Waals surface area (Å²) in [4.78, 5) is 28.7. The molecule has 1 aliphatic rings. The first kappa shape index (κ1) is 18.5. The third-order valence-electron chi connectivity index (χ3n) is 4.25. The van der Waals surface area contributed by atoms with E-state index in [9.17, 15) is 14.0 Å². The first-order chi connectivity index (χ1) is 14.1. The topological polar surface area (TPSA) is 101 Å². The van der Waals surface area contributed by atoms with E-state index in [1.807, 2.05) is 30.3 Å². The van der Waals surface area contributed by atoms with E-state index in [1.165, 1.54) is 18.2 Å². The Morgan fingerprint density at radius 1 is 1.10 bits per heavy atom. The molecule has 4 rings (SSSR count). The van der Waals surface area contributed by atoms with Gasteiger partial charge in [0.1, 0.15) is 18.1 Å². The minimum Gasteiger partial charge on any atom is -0.332 e. The number of benzene rings is 2. The molecule has 2 amide bonds. The number of para-hydroxylation sites is 1. The zero-order chi connectivity index (χ0) is 20.2. The lowest BCUT2D eigenvalue weighted by molar-refractivity contribution is -0.135. The molecular weight excluding hydrogens is 377 g/mol. The van der Waals surface area contributed by atoms with Gasteiger partial charge < -0.3 is 9.84 Å². The zero-order valence-corrected chi connectivity index (χ0v) is 15.2. The van der Waals surface area contributed by atoms with Gasteiger partial charge in [-0.3, -0.25) is 9.59 Å². The normalized spacial score (nSPS) is 13.9. The molecule has 1 N–H and O–H groups in total. The summed E-state index contributed by atoms with van der Waals surface area (Å²) in [6, 6.07) is 15.1. The Kier molecular flexibility index (Phi) is 5.10. The predicted octanol–water partition coefficient (Wildman–Crippen LogP) is 2.84. The Labute approximate surface area is 165 Å². The van der Waals surface area contributed by atoms with E-state index in [0.717, 1.165) is 10.6 Å². The first-order valence-corrected chi connectivity index (χ1v) is 8.92. The van der Waals surface area contributed by atoms with Crippen molar-refractivity contribution in [2.24, 2.45) is 5.10 Å². The number of hydrazone groups is 1. The number of anilines is 1. The van der Waals surface area contributed by atoms with E-state index in [0.29, 0.717) is 18.0 Å². The molecule has 0 aliphatic carbocycles. The average molecular weight is 393 g/mol. The Balaban J connectivity index is 1.49. The van der Waals surface area contributed by atoms with Crippen LogP contribution >= 0.6 is 0 Å². The number of carbonyl (C=O) groups excluding carboxylic acids is 2. The van der Waals surface area contributed by atoms with Gasteiger partial charge in [-0.2, -0.15) is 10.1 Å². The van der Waals surface area contributed by atoms with Crippen molar-refractivity contribution in [2.75, 3.05) is 11.9 Å². The molecule has 0 spiro atoms. The van der Waals surface area contributed by atoms with Gasteiger partial charge in [0.15, 0.2) is 0 Å². The highest BCUT2D eigenvalue weighted by atomic mass is 19.1. The summed E-state index contributed by atoms with van der Waals surface area (Å²) in [5.74, 6) is -0.849. The van der Waals surface area contributed by atoms with Crippen LogP contribution in [0.4, 0.5) is 10.1 Å². The second kappa shape index (κ2) is 8.01. The highest BCUT2D eigenvalue weighted by Crippen LogP contribution is 2.19. The molecule has 0 atom stereocenters. The molecule has 0 saturated carbocycles. The molecule has 0 fully saturated rings. The van der Waals surface area contributed by atoms with Crippen molar-refractivity contribution in [3.63, 3.8) is 0 Å². The van der Waals surface area contributed by atoms with Gasteiger partial charge in [0.05, 0.1) is 5.69 Å². The van der Waals surface area contributed by atoms with Gasteiger partial charge in [-0.15, -0.1) is 0 Å². The second-order valence-corrected chi connectivity index (χ2v) is 6.32. The minimum atomic E-state index is -0.566. The van der Waals surface area contributed by atoms with Gasteiger partial charge in [-0.1, -0.05) is 47.6 Å². The largest absolute Gasteiger partial charge is 0.332 e. The third-order valence-corrected chi connectivity index (χ3v) is 4.25. The van der Waals surface area contributed by atoms with Crippen molar-refractivity contribution in [3.8, 4) is 11.4 Å². The van der Waals surface area contributed by atoms with Gasteiger partial charge in [-0.05, 0) is 12.1 Å². The van der Waals surface area contributed by atoms with Crippen LogP contribution in [0, 0.1) is 5.82 Å². The summed E-state index contributed by atoms with van der Waals surface area (Å²) in [5, 5.41) is 11.6. The van der Waals surface area contributed by atoms with Crippen molar-refractivity contribution in [3.05, 3.63) is 66.3 Å². The smallest absolute Gasteiger partial charge is 0.274 e. The fraction of sp³-hybridized carbons (Fsp3) is 0.150. The molecule has 2 heterocycles. The molecule has 0 radical (unpaired) electrons. The van der Waals surface area contributed by atoms with Crippen LogP contribution in [0.3, 0.4) is 0 Å². The first-order valence-electron chi connectivity index (χ1n) is 8.92. The number of nitrogens with one attached hydrogen (secondary N) is 1. The fourth-order valence-corrected chi connectivity index (χ4v) is 2.81. The number of hydrogen-bond donors (Lipinski definition) is 1. The highest BCUT2D eigenvalue weighted by molar-refractivity contribution is 6.02. The van der Waals surface area contributed by atoms with Crippen molar-refractivity contribution < 1.29 is 18.5 Å². The lowest BCUT2D eigenvalue weighted by atomic mass is 10.1. The number of halogens is 1. The van der Waals surface area contributed by atoms with Gasteiger partial charge in [-0.25, -0.2) is 9.40 Å². The summed E-state index contributed by atoms with van der Waals surface area (Å²) in [6.07, 6.45) is 0.468. The fourth-order valence-electron chi connectivity index (χ4n) is 2.81. The number of amides is 2. The van der Waals surface area contributed by atoms with E-state index in [-0.39, 0.29) is 30.5 Å². The number of hydrogen-bond acceptors (Lipinski definition) is 6.